The molecule has 0 N–H and O–H groups in total. The highest BCUT2D eigenvalue weighted by Crippen LogP contribution is 2.44. The summed E-state index contributed by atoms with van der Waals surface area (Å²) >= 11 is 0. The smallest absolute Gasteiger partial charge is 0.137 e. The van der Waals surface area contributed by atoms with E-state index in [1.807, 2.05) is 31.2 Å². The molecule has 2 heterocycles. The van der Waals surface area contributed by atoms with Crippen molar-refractivity contribution in [2.24, 2.45) is 0 Å². The number of allylic oxidation sites excluding steroid dienone is 1. The van der Waals surface area contributed by atoms with Gasteiger partial charge in [0.15, 0.2) is 0 Å². The Kier molecular flexibility index (Phi) is 10.2. The van der Waals surface area contributed by atoms with Gasteiger partial charge in [0, 0.05) is 33.3 Å². The molecule has 68 heavy (non-hydrogen) atoms. The molecule has 0 aliphatic rings. The molecular weight excluding hydrogens is 825 g/mol. The Labute approximate surface area is 396 Å². The highest BCUT2D eigenvalue weighted by Gasteiger charge is 2.21. The van der Waals surface area contributed by atoms with Crippen molar-refractivity contribution in [3.8, 4) is 50.2 Å². The van der Waals surface area contributed by atoms with Crippen LogP contribution in [0.5, 0.6) is 0 Å². The van der Waals surface area contributed by atoms with Gasteiger partial charge in [-0.3, -0.25) is 0 Å². The molecule has 12 rings (SSSR count). The third-order valence-electron chi connectivity index (χ3n) is 13.3. The third-order valence-corrected chi connectivity index (χ3v) is 13.3. The van der Waals surface area contributed by atoms with E-state index in [0.29, 0.717) is 0 Å². The molecule has 0 atom stereocenters. The molecule has 0 aliphatic carbocycles. The first-order chi connectivity index (χ1) is 33.6. The van der Waals surface area contributed by atoms with Gasteiger partial charge in [0.2, 0.25) is 0 Å². The quantitative estimate of drug-likeness (QED) is 0.137. The van der Waals surface area contributed by atoms with Crippen molar-refractivity contribution in [1.82, 2.24) is 4.57 Å². The number of fused-ring (bicyclic) bond motifs is 5. The van der Waals surface area contributed by atoms with Gasteiger partial charge in [0.05, 0.1) is 27.8 Å². The zero-order valence-corrected chi connectivity index (χ0v) is 37.7. The fourth-order valence-electron chi connectivity index (χ4n) is 10.1. The van der Waals surface area contributed by atoms with E-state index in [9.17, 15) is 0 Å². The number of hydrogen-bond donors (Lipinski definition) is 0. The third kappa shape index (κ3) is 7.09. The molecule has 0 bridgehead atoms. The molecule has 0 aliphatic heterocycles. The molecule has 0 unspecified atom stereocenters. The number of anilines is 3. The Bertz CT molecular complexity index is 3810. The van der Waals surface area contributed by atoms with Crippen LogP contribution < -0.4 is 4.90 Å². The fraction of sp³-hybridized carbons (Fsp3) is 0.0154. The van der Waals surface area contributed by atoms with E-state index in [1.165, 1.54) is 60.4 Å². The topological polar surface area (TPSA) is 21.3 Å². The van der Waals surface area contributed by atoms with E-state index in [1.54, 1.807) is 0 Å². The number of nitrogens with zero attached hydrogens (tertiary/aromatic N) is 2. The molecule has 2 aromatic heterocycles. The first kappa shape index (κ1) is 40.6. The Hall–Kier alpha value is -8.92. The number of benzene rings is 10. The van der Waals surface area contributed by atoms with E-state index in [-0.39, 0.29) is 0 Å². The second-order valence-electron chi connectivity index (χ2n) is 17.3. The van der Waals surface area contributed by atoms with E-state index < -0.39 is 0 Å². The van der Waals surface area contributed by atoms with Crippen LogP contribution in [0.3, 0.4) is 0 Å². The highest BCUT2D eigenvalue weighted by molar-refractivity contribution is 6.10. The van der Waals surface area contributed by atoms with Crippen molar-refractivity contribution in [2.45, 2.75) is 6.92 Å². The van der Waals surface area contributed by atoms with Crippen LogP contribution in [0.25, 0.3) is 106 Å². The average molecular weight is 871 g/mol. The molecule has 0 spiro atoms. The first-order valence-electron chi connectivity index (χ1n) is 23.2. The molecule has 322 valence electrons. The monoisotopic (exact) mass is 870 g/mol. The summed E-state index contributed by atoms with van der Waals surface area (Å²) in [5.41, 5.74) is 17.8. The molecule has 3 heteroatoms. The summed E-state index contributed by atoms with van der Waals surface area (Å²) in [5, 5.41) is 6.02. The lowest BCUT2D eigenvalue weighted by Gasteiger charge is -2.27. The van der Waals surface area contributed by atoms with Crippen molar-refractivity contribution in [3.63, 3.8) is 0 Å². The van der Waals surface area contributed by atoms with Gasteiger partial charge in [0.1, 0.15) is 11.3 Å². The minimum atomic E-state index is 0.794. The second kappa shape index (κ2) is 17.1. The molecule has 0 amide bonds. The summed E-state index contributed by atoms with van der Waals surface area (Å²) < 4.78 is 8.84. The molecule has 10 aromatic carbocycles. The normalized spacial score (nSPS) is 11.6. The average Bonchev–Trinajstić information content (AvgIpc) is 3.94. The number of rotatable bonds is 10. The van der Waals surface area contributed by atoms with Gasteiger partial charge in [0.25, 0.3) is 0 Å². The van der Waals surface area contributed by atoms with Gasteiger partial charge in [-0.05, 0) is 129 Å². The minimum absolute atomic E-state index is 0.794. The Balaban J connectivity index is 0.900. The van der Waals surface area contributed by atoms with Crippen molar-refractivity contribution < 1.29 is 4.42 Å². The number of furan rings is 1. The molecular formula is C65H46N2O. The molecule has 0 saturated heterocycles. The van der Waals surface area contributed by atoms with Crippen LogP contribution in [-0.4, -0.2) is 4.57 Å². The van der Waals surface area contributed by atoms with E-state index in [2.05, 4.69) is 241 Å². The van der Waals surface area contributed by atoms with Gasteiger partial charge in [-0.25, -0.2) is 0 Å². The summed E-state index contributed by atoms with van der Waals surface area (Å²) in [5.74, 6) is 0.794. The van der Waals surface area contributed by atoms with Gasteiger partial charge in [-0.2, -0.15) is 0 Å². The van der Waals surface area contributed by atoms with Gasteiger partial charge in [-0.1, -0.05) is 183 Å². The van der Waals surface area contributed by atoms with Crippen LogP contribution in [0.2, 0.25) is 0 Å². The maximum Gasteiger partial charge on any atom is 0.137 e. The second-order valence-corrected chi connectivity index (χ2v) is 17.3. The van der Waals surface area contributed by atoms with Crippen molar-refractivity contribution in [3.05, 3.63) is 255 Å². The van der Waals surface area contributed by atoms with Crippen LogP contribution in [0.1, 0.15) is 18.2 Å². The zero-order chi connectivity index (χ0) is 45.6. The van der Waals surface area contributed by atoms with Crippen LogP contribution in [0.15, 0.2) is 248 Å². The summed E-state index contributed by atoms with van der Waals surface area (Å²) in [6.45, 7) is 6.24. The highest BCUT2D eigenvalue weighted by atomic mass is 16.3. The van der Waals surface area contributed by atoms with E-state index in [0.717, 1.165) is 61.7 Å². The largest absolute Gasteiger partial charge is 0.456 e. The molecule has 12 aromatic rings. The van der Waals surface area contributed by atoms with Gasteiger partial charge >= 0.3 is 0 Å². The fourth-order valence-corrected chi connectivity index (χ4v) is 10.1. The van der Waals surface area contributed by atoms with Gasteiger partial charge in [-0.15, -0.1) is 0 Å². The van der Waals surface area contributed by atoms with Crippen molar-refractivity contribution in [1.29, 1.82) is 0 Å². The number of hydrogen-bond acceptors (Lipinski definition) is 2. The van der Waals surface area contributed by atoms with E-state index >= 15 is 0 Å². The maximum absolute atomic E-state index is 6.44. The first-order valence-corrected chi connectivity index (χ1v) is 23.2. The standard InChI is InChI=1S/C65H46N2O/c1-3-15-63-55(4-2)65-62(26-14-27-64(65)68-63)66(54-40-36-47(37-41-54)50-18-13-19-51(42-50)52-33-30-44-16-5-6-17-49(44)43-52)53-38-34-46(35-39-53)45-28-31-48(32-29-45)56-20-7-10-23-59(56)67-60-24-11-8-21-57(60)58-22-9-12-25-61(58)67/h3-43H,2H2,1H3/b15-3-. The summed E-state index contributed by atoms with van der Waals surface area (Å²) in [7, 11) is 0. The lowest BCUT2D eigenvalue weighted by molar-refractivity contribution is 0.603. The molecule has 0 saturated carbocycles. The Morgan fingerprint density at radius 3 is 1.66 bits per heavy atom. The SMILES string of the molecule is C=Cc1c(/C=C\C)oc2cccc(N(c3ccc(-c4ccc(-c5ccccc5-n5c6ccccc6c6ccccc65)cc4)cc3)c3ccc(-c4cccc(-c5ccc6ccccc6c5)c4)cc3)c12. The molecule has 0 fully saturated rings. The zero-order valence-electron chi connectivity index (χ0n) is 37.7. The van der Waals surface area contributed by atoms with Gasteiger partial charge < -0.3 is 13.9 Å². The summed E-state index contributed by atoms with van der Waals surface area (Å²) in [6, 6.07) is 83.2. The number of aromatic nitrogens is 1. The van der Waals surface area contributed by atoms with Crippen molar-refractivity contribution in [2.75, 3.05) is 4.90 Å². The van der Waals surface area contributed by atoms with Crippen LogP contribution in [-0.2, 0) is 0 Å². The van der Waals surface area contributed by atoms with Crippen molar-refractivity contribution >= 4 is 72.8 Å². The predicted molar refractivity (Wildman–Crippen MR) is 289 cm³/mol. The molecule has 0 radical (unpaired) electrons. The molecule has 3 nitrogen and oxygen atoms in total. The van der Waals surface area contributed by atoms with E-state index in [4.69, 9.17) is 4.42 Å². The van der Waals surface area contributed by atoms with Crippen LogP contribution >= 0.6 is 0 Å². The summed E-state index contributed by atoms with van der Waals surface area (Å²) in [6.07, 6.45) is 5.92. The Morgan fingerprint density at radius 2 is 0.985 bits per heavy atom. The predicted octanol–water partition coefficient (Wildman–Crippen LogP) is 18.5. The maximum atomic E-state index is 6.44. The Morgan fingerprint density at radius 1 is 0.456 bits per heavy atom. The number of para-hydroxylation sites is 3. The van der Waals surface area contributed by atoms with Crippen LogP contribution in [0.4, 0.5) is 17.1 Å². The lowest BCUT2D eigenvalue weighted by Crippen LogP contribution is -2.10. The summed E-state index contributed by atoms with van der Waals surface area (Å²) in [4.78, 5) is 2.33. The van der Waals surface area contributed by atoms with Crippen LogP contribution in [0, 0.1) is 0 Å². The minimum Gasteiger partial charge on any atom is -0.456 e. The lowest BCUT2D eigenvalue weighted by atomic mass is 9.97.